The minimum atomic E-state index is -0.504. The van der Waals surface area contributed by atoms with E-state index >= 15 is 0 Å². The quantitative estimate of drug-likeness (QED) is 0.710. The van der Waals surface area contributed by atoms with Crippen LogP contribution in [0.3, 0.4) is 0 Å². The van der Waals surface area contributed by atoms with Crippen LogP contribution < -0.4 is 0 Å². The first kappa shape index (κ1) is 15.9. The zero-order valence-electron chi connectivity index (χ0n) is 11.3. The number of carbonyl (C=O) groups is 2. The smallest absolute Gasteiger partial charge is 0.410 e. The first-order valence-corrected chi connectivity index (χ1v) is 5.73. The van der Waals surface area contributed by atoms with Crippen LogP contribution >= 0.6 is 0 Å². The maximum Gasteiger partial charge on any atom is 0.410 e. The van der Waals surface area contributed by atoms with E-state index in [0.29, 0.717) is 12.5 Å². The molecular weight excluding hydrogens is 222 g/mol. The normalized spacial score (nSPS) is 23.8. The van der Waals surface area contributed by atoms with Crippen molar-refractivity contribution < 1.29 is 19.4 Å². The average Bonchev–Trinajstić information content (AvgIpc) is 2.60. The van der Waals surface area contributed by atoms with Crippen LogP contribution in [0.5, 0.6) is 0 Å². The highest BCUT2D eigenvalue weighted by Gasteiger charge is 2.35. The minimum Gasteiger partial charge on any atom is -0.444 e. The molecular formula is C12H23NO4. The highest BCUT2D eigenvalue weighted by atomic mass is 16.6. The summed E-state index contributed by atoms with van der Waals surface area (Å²) in [5.74, 6) is 0.368. The highest BCUT2D eigenvalue weighted by Crippen LogP contribution is 2.23. The molecule has 100 valence electrons. The lowest BCUT2D eigenvalue weighted by Crippen LogP contribution is -2.40. The van der Waals surface area contributed by atoms with Crippen LogP contribution in [0, 0.1) is 5.92 Å². The Balaban J connectivity index is 0.00000121. The summed E-state index contributed by atoms with van der Waals surface area (Å²) in [6, 6.07) is -0.310. The number of carbonyl (C=O) groups excluding carboxylic acids is 2. The zero-order chi connectivity index (χ0) is 13.6. The summed E-state index contributed by atoms with van der Waals surface area (Å²) in [7, 11) is 1.00. The molecule has 0 aromatic heterocycles. The predicted molar refractivity (Wildman–Crippen MR) is 64.7 cm³/mol. The monoisotopic (exact) mass is 245 g/mol. The van der Waals surface area contributed by atoms with E-state index in [0.717, 1.165) is 19.8 Å². The van der Waals surface area contributed by atoms with E-state index in [1.165, 1.54) is 4.90 Å². The van der Waals surface area contributed by atoms with Crippen LogP contribution in [0.2, 0.25) is 0 Å². The second-order valence-electron chi connectivity index (χ2n) is 5.18. The molecule has 0 aromatic rings. The van der Waals surface area contributed by atoms with E-state index in [-0.39, 0.29) is 12.1 Å². The summed E-state index contributed by atoms with van der Waals surface area (Å²) >= 11 is 0. The van der Waals surface area contributed by atoms with Crippen LogP contribution in [0.1, 0.15) is 34.1 Å². The lowest BCUT2D eigenvalue weighted by atomic mass is 10.1. The van der Waals surface area contributed by atoms with Crippen molar-refractivity contribution in [1.29, 1.82) is 0 Å². The number of amides is 1. The molecule has 0 saturated carbocycles. The van der Waals surface area contributed by atoms with Gasteiger partial charge in [0, 0.05) is 13.7 Å². The Morgan fingerprint density at radius 1 is 1.41 bits per heavy atom. The molecule has 0 aliphatic carbocycles. The Kier molecular flexibility index (Phi) is 6.16. The third kappa shape index (κ3) is 5.17. The summed E-state index contributed by atoms with van der Waals surface area (Å²) in [4.78, 5) is 24.0. The van der Waals surface area contributed by atoms with Gasteiger partial charge in [-0.05, 0) is 33.1 Å². The van der Waals surface area contributed by atoms with E-state index in [2.05, 4.69) is 0 Å². The van der Waals surface area contributed by atoms with Gasteiger partial charge in [-0.1, -0.05) is 6.92 Å². The van der Waals surface area contributed by atoms with Gasteiger partial charge in [-0.15, -0.1) is 0 Å². The van der Waals surface area contributed by atoms with Crippen molar-refractivity contribution >= 4 is 12.4 Å². The summed E-state index contributed by atoms with van der Waals surface area (Å²) in [5.41, 5.74) is -0.504. The number of nitrogens with zero attached hydrogens (tertiary/aromatic N) is 1. The number of aliphatic hydroxyl groups is 1. The van der Waals surface area contributed by atoms with Crippen molar-refractivity contribution in [3.05, 3.63) is 0 Å². The summed E-state index contributed by atoms with van der Waals surface area (Å²) in [6.45, 7) is 8.10. The number of aliphatic hydroxyl groups excluding tert-OH is 1. The maximum absolute atomic E-state index is 11.7. The van der Waals surface area contributed by atoms with Crippen molar-refractivity contribution in [2.45, 2.75) is 45.8 Å². The fourth-order valence-corrected chi connectivity index (χ4v) is 1.74. The van der Waals surface area contributed by atoms with Gasteiger partial charge in [-0.2, -0.15) is 0 Å². The molecule has 2 atom stereocenters. The molecule has 1 N–H and O–H groups in total. The molecule has 1 rings (SSSR count). The van der Waals surface area contributed by atoms with Gasteiger partial charge >= 0.3 is 6.09 Å². The Bertz CT molecular complexity index is 260. The van der Waals surface area contributed by atoms with Crippen molar-refractivity contribution in [2.75, 3.05) is 13.7 Å². The number of hydrogen-bond donors (Lipinski definition) is 1. The van der Waals surface area contributed by atoms with Crippen LogP contribution in [0.15, 0.2) is 0 Å². The predicted octanol–water partition coefficient (Wildman–Crippen LogP) is 1.44. The molecule has 0 spiro atoms. The van der Waals surface area contributed by atoms with E-state index in [1.54, 1.807) is 0 Å². The van der Waals surface area contributed by atoms with Crippen molar-refractivity contribution in [1.82, 2.24) is 4.90 Å². The lowest BCUT2D eigenvalue weighted by Gasteiger charge is -2.26. The van der Waals surface area contributed by atoms with Gasteiger partial charge in [0.15, 0.2) is 0 Å². The van der Waals surface area contributed by atoms with Gasteiger partial charge < -0.3 is 14.6 Å². The molecule has 1 heterocycles. The molecule has 0 bridgehead atoms. The van der Waals surface area contributed by atoms with Crippen LogP contribution in [-0.4, -0.2) is 47.7 Å². The molecule has 1 fully saturated rings. The van der Waals surface area contributed by atoms with Gasteiger partial charge in [0.1, 0.15) is 11.9 Å². The molecule has 0 aromatic carbocycles. The van der Waals surface area contributed by atoms with Crippen molar-refractivity contribution in [3.8, 4) is 0 Å². The molecule has 1 amide bonds. The molecule has 17 heavy (non-hydrogen) atoms. The number of likely N-dealkylation sites (tertiary alicyclic amines) is 1. The molecule has 0 radical (unpaired) electrons. The van der Waals surface area contributed by atoms with Gasteiger partial charge in [-0.3, -0.25) is 4.90 Å². The van der Waals surface area contributed by atoms with Gasteiger partial charge in [0.2, 0.25) is 0 Å². The van der Waals surface area contributed by atoms with Crippen molar-refractivity contribution in [2.24, 2.45) is 5.92 Å². The van der Waals surface area contributed by atoms with Gasteiger partial charge in [0.25, 0.3) is 0 Å². The molecule has 1 aliphatic rings. The van der Waals surface area contributed by atoms with E-state index in [4.69, 9.17) is 9.84 Å². The Morgan fingerprint density at radius 3 is 2.35 bits per heavy atom. The number of ether oxygens (including phenoxy) is 1. The number of rotatable bonds is 1. The van der Waals surface area contributed by atoms with Crippen LogP contribution in [0.25, 0.3) is 0 Å². The minimum absolute atomic E-state index is 0.310. The third-order valence-electron chi connectivity index (χ3n) is 2.34. The molecule has 1 aliphatic heterocycles. The topological polar surface area (TPSA) is 66.8 Å². The van der Waals surface area contributed by atoms with Crippen LogP contribution in [-0.2, 0) is 9.53 Å². The largest absolute Gasteiger partial charge is 0.444 e. The standard InChI is InChI=1S/C11H19NO3.CH4O/c1-8-5-9(7-13)12(6-8)10(14)15-11(2,3)4;1-2/h7-9H,5-6H2,1-4H3;2H,1H3. The first-order valence-electron chi connectivity index (χ1n) is 5.73. The molecule has 5 heteroatoms. The summed E-state index contributed by atoms with van der Waals surface area (Å²) < 4.78 is 5.23. The van der Waals surface area contributed by atoms with Gasteiger partial charge in [0.05, 0.1) is 6.04 Å². The number of hydrogen-bond acceptors (Lipinski definition) is 4. The molecule has 2 unspecified atom stereocenters. The van der Waals surface area contributed by atoms with Crippen molar-refractivity contribution in [3.63, 3.8) is 0 Å². The number of aldehydes is 1. The van der Waals surface area contributed by atoms with Gasteiger partial charge in [-0.25, -0.2) is 4.79 Å². The first-order chi connectivity index (χ1) is 7.83. The highest BCUT2D eigenvalue weighted by molar-refractivity contribution is 5.74. The Morgan fingerprint density at radius 2 is 1.94 bits per heavy atom. The van der Waals surface area contributed by atoms with E-state index in [1.807, 2.05) is 27.7 Å². The van der Waals surface area contributed by atoms with E-state index in [9.17, 15) is 9.59 Å². The fourth-order valence-electron chi connectivity index (χ4n) is 1.74. The lowest BCUT2D eigenvalue weighted by molar-refractivity contribution is -0.111. The summed E-state index contributed by atoms with van der Waals surface area (Å²) in [6.07, 6.45) is 1.18. The maximum atomic E-state index is 11.7. The molecule has 1 saturated heterocycles. The second kappa shape index (κ2) is 6.59. The summed E-state index contributed by atoms with van der Waals surface area (Å²) in [5, 5.41) is 7.00. The zero-order valence-corrected chi connectivity index (χ0v) is 11.3. The van der Waals surface area contributed by atoms with Crippen LogP contribution in [0.4, 0.5) is 4.79 Å². The average molecular weight is 245 g/mol. The van der Waals surface area contributed by atoms with E-state index < -0.39 is 5.60 Å². The molecule has 5 nitrogen and oxygen atoms in total. The second-order valence-corrected chi connectivity index (χ2v) is 5.18. The SMILES string of the molecule is CC1CC(C=O)N(C(=O)OC(C)(C)C)C1.CO. The fraction of sp³-hybridized carbons (Fsp3) is 0.833. The third-order valence-corrected chi connectivity index (χ3v) is 2.34. The Labute approximate surface area is 103 Å². The Hall–Kier alpha value is -1.10.